The number of sulfonamides is 1. The normalized spacial score (nSPS) is 14.8. The zero-order valence-electron chi connectivity index (χ0n) is 15.7. The van der Waals surface area contributed by atoms with Gasteiger partial charge in [0.15, 0.2) is 0 Å². The van der Waals surface area contributed by atoms with Crippen LogP contribution in [0.4, 0.5) is 0 Å². The van der Waals surface area contributed by atoms with Crippen molar-refractivity contribution in [2.24, 2.45) is 0 Å². The maximum Gasteiger partial charge on any atom is 0.253 e. The molecule has 1 saturated heterocycles. The Morgan fingerprint density at radius 1 is 1.18 bits per heavy atom. The van der Waals surface area contributed by atoms with Gasteiger partial charge in [0.2, 0.25) is 10.0 Å². The van der Waals surface area contributed by atoms with Crippen LogP contribution in [0.1, 0.15) is 35.7 Å². The molecule has 1 fully saturated rings. The van der Waals surface area contributed by atoms with Gasteiger partial charge in [0.05, 0.1) is 22.1 Å². The molecule has 2 aromatic rings. The topological polar surface area (TPSA) is 75.7 Å². The van der Waals surface area contributed by atoms with Crippen molar-refractivity contribution in [1.82, 2.24) is 9.62 Å². The molecule has 1 amide bonds. The summed E-state index contributed by atoms with van der Waals surface area (Å²) in [7, 11) is -3.61. The number of carbonyl (C=O) groups is 1. The van der Waals surface area contributed by atoms with Crippen LogP contribution in [0.15, 0.2) is 47.4 Å². The molecule has 0 bridgehead atoms. The fraction of sp³-hybridized carbons (Fsp3) is 0.350. The van der Waals surface area contributed by atoms with E-state index in [0.717, 1.165) is 24.2 Å². The summed E-state index contributed by atoms with van der Waals surface area (Å²) in [5.41, 5.74) is 1.01. The van der Waals surface area contributed by atoms with Crippen LogP contribution in [0, 0.1) is 0 Å². The lowest BCUT2D eigenvalue weighted by atomic mass is 10.2. The molecular weight excluding hydrogens is 400 g/mol. The van der Waals surface area contributed by atoms with Crippen molar-refractivity contribution in [3.8, 4) is 5.75 Å². The number of hydrogen-bond acceptors (Lipinski definition) is 4. The third kappa shape index (κ3) is 4.66. The number of halogens is 1. The monoisotopic (exact) mass is 422 g/mol. The van der Waals surface area contributed by atoms with Crippen LogP contribution in [-0.4, -0.2) is 38.3 Å². The molecule has 1 aliphatic rings. The van der Waals surface area contributed by atoms with E-state index in [-0.39, 0.29) is 22.0 Å². The number of benzene rings is 2. The summed E-state index contributed by atoms with van der Waals surface area (Å²) in [4.78, 5) is 12.7. The van der Waals surface area contributed by atoms with Gasteiger partial charge in [-0.05, 0) is 55.7 Å². The Bertz CT molecular complexity index is 956. The van der Waals surface area contributed by atoms with Gasteiger partial charge in [0, 0.05) is 19.6 Å². The molecule has 0 saturated carbocycles. The molecule has 6 nitrogen and oxygen atoms in total. The summed E-state index contributed by atoms with van der Waals surface area (Å²) in [5, 5.41) is 3.00. The van der Waals surface area contributed by atoms with Crippen LogP contribution < -0.4 is 10.1 Å². The van der Waals surface area contributed by atoms with Crippen molar-refractivity contribution in [3.63, 3.8) is 0 Å². The Hall–Kier alpha value is -2.09. The molecule has 150 valence electrons. The Kier molecular flexibility index (Phi) is 6.59. The minimum Gasteiger partial charge on any atom is -0.494 e. The highest BCUT2D eigenvalue weighted by Crippen LogP contribution is 2.25. The minimum atomic E-state index is -3.61. The Balaban J connectivity index is 1.75. The van der Waals surface area contributed by atoms with Crippen LogP contribution in [0.2, 0.25) is 5.02 Å². The van der Waals surface area contributed by atoms with E-state index in [0.29, 0.717) is 19.7 Å². The number of carbonyl (C=O) groups excluding carboxylic acids is 1. The van der Waals surface area contributed by atoms with Crippen molar-refractivity contribution >= 4 is 27.5 Å². The van der Waals surface area contributed by atoms with Crippen molar-refractivity contribution in [3.05, 3.63) is 58.6 Å². The van der Waals surface area contributed by atoms with Crippen LogP contribution in [0.5, 0.6) is 5.75 Å². The highest BCUT2D eigenvalue weighted by Gasteiger charge is 2.28. The number of nitrogens with zero attached hydrogens (tertiary/aromatic N) is 1. The van der Waals surface area contributed by atoms with Crippen molar-refractivity contribution < 1.29 is 17.9 Å². The van der Waals surface area contributed by atoms with E-state index in [1.807, 2.05) is 31.2 Å². The van der Waals surface area contributed by atoms with Crippen molar-refractivity contribution in [2.45, 2.75) is 31.2 Å². The van der Waals surface area contributed by atoms with Crippen molar-refractivity contribution in [2.75, 3.05) is 19.7 Å². The number of nitrogens with one attached hydrogen (secondary N) is 1. The average Bonchev–Trinajstić information content (AvgIpc) is 3.23. The van der Waals surface area contributed by atoms with Crippen LogP contribution in [-0.2, 0) is 16.6 Å². The Morgan fingerprint density at radius 3 is 2.64 bits per heavy atom. The molecule has 0 aromatic heterocycles. The van der Waals surface area contributed by atoms with Gasteiger partial charge in [-0.2, -0.15) is 4.31 Å². The average molecular weight is 423 g/mol. The molecule has 0 spiro atoms. The second-order valence-corrected chi connectivity index (χ2v) is 8.86. The second kappa shape index (κ2) is 8.94. The fourth-order valence-corrected chi connectivity index (χ4v) is 4.85. The lowest BCUT2D eigenvalue weighted by molar-refractivity contribution is 0.0950. The summed E-state index contributed by atoms with van der Waals surface area (Å²) in [6.45, 7) is 3.74. The number of hydrogen-bond donors (Lipinski definition) is 1. The van der Waals surface area contributed by atoms with E-state index in [1.165, 1.54) is 22.5 Å². The standard InChI is InChI=1S/C20H23ClN2O4S/c1-2-27-16-7-5-6-15(12-16)14-22-20(24)18-13-17(8-9-19(18)21)28(25,26)23-10-3-4-11-23/h5-9,12-13H,2-4,10-11,14H2,1H3,(H,22,24). The van der Waals surface area contributed by atoms with Gasteiger partial charge in [-0.15, -0.1) is 0 Å². The Morgan fingerprint density at radius 2 is 1.93 bits per heavy atom. The van der Waals surface area contributed by atoms with E-state index in [2.05, 4.69) is 5.32 Å². The van der Waals surface area contributed by atoms with Crippen molar-refractivity contribution in [1.29, 1.82) is 0 Å². The number of rotatable bonds is 7. The van der Waals surface area contributed by atoms with E-state index in [1.54, 1.807) is 0 Å². The maximum atomic E-state index is 12.7. The molecule has 1 N–H and O–H groups in total. The van der Waals surface area contributed by atoms with Crippen LogP contribution >= 0.6 is 11.6 Å². The molecule has 1 heterocycles. The summed E-state index contributed by atoms with van der Waals surface area (Å²) in [5.74, 6) is 0.302. The molecule has 0 unspecified atom stereocenters. The first-order valence-corrected chi connectivity index (χ1v) is 11.0. The number of amides is 1. The van der Waals surface area contributed by atoms with E-state index in [9.17, 15) is 13.2 Å². The summed E-state index contributed by atoms with van der Waals surface area (Å²) in [6, 6.07) is 11.7. The zero-order chi connectivity index (χ0) is 20.1. The molecule has 0 aliphatic carbocycles. The predicted molar refractivity (Wildman–Crippen MR) is 108 cm³/mol. The largest absolute Gasteiger partial charge is 0.494 e. The second-order valence-electron chi connectivity index (χ2n) is 6.52. The molecule has 28 heavy (non-hydrogen) atoms. The SMILES string of the molecule is CCOc1cccc(CNC(=O)c2cc(S(=O)(=O)N3CCCC3)ccc2Cl)c1. The van der Waals surface area contributed by atoms with Gasteiger partial charge in [-0.3, -0.25) is 4.79 Å². The predicted octanol–water partition coefficient (Wildman–Crippen LogP) is 3.45. The summed E-state index contributed by atoms with van der Waals surface area (Å²) >= 11 is 6.16. The van der Waals surface area contributed by atoms with E-state index >= 15 is 0 Å². The van der Waals surface area contributed by atoms with Gasteiger partial charge < -0.3 is 10.1 Å². The first-order chi connectivity index (χ1) is 13.4. The minimum absolute atomic E-state index is 0.0855. The molecular formula is C20H23ClN2O4S. The molecule has 0 atom stereocenters. The first kappa shape index (κ1) is 20.6. The lowest BCUT2D eigenvalue weighted by Gasteiger charge is -2.16. The summed E-state index contributed by atoms with van der Waals surface area (Å²) < 4.78 is 32.4. The zero-order valence-corrected chi connectivity index (χ0v) is 17.2. The van der Waals surface area contributed by atoms with Gasteiger partial charge in [0.1, 0.15) is 5.75 Å². The van der Waals surface area contributed by atoms with Crippen LogP contribution in [0.25, 0.3) is 0 Å². The number of ether oxygens (including phenoxy) is 1. The van der Waals surface area contributed by atoms with E-state index in [4.69, 9.17) is 16.3 Å². The molecule has 3 rings (SSSR count). The van der Waals surface area contributed by atoms with Gasteiger partial charge in [0.25, 0.3) is 5.91 Å². The highest BCUT2D eigenvalue weighted by atomic mass is 35.5. The first-order valence-electron chi connectivity index (χ1n) is 9.21. The molecule has 8 heteroatoms. The van der Waals surface area contributed by atoms with Gasteiger partial charge in [-0.1, -0.05) is 23.7 Å². The summed E-state index contributed by atoms with van der Waals surface area (Å²) in [6.07, 6.45) is 1.70. The quantitative estimate of drug-likeness (QED) is 0.741. The fourth-order valence-electron chi connectivity index (χ4n) is 3.11. The van der Waals surface area contributed by atoms with Gasteiger partial charge >= 0.3 is 0 Å². The highest BCUT2D eigenvalue weighted by molar-refractivity contribution is 7.89. The van der Waals surface area contributed by atoms with E-state index < -0.39 is 15.9 Å². The molecule has 1 aliphatic heterocycles. The maximum absolute atomic E-state index is 12.7. The third-order valence-electron chi connectivity index (χ3n) is 4.55. The lowest BCUT2D eigenvalue weighted by Crippen LogP contribution is -2.28. The third-order valence-corrected chi connectivity index (χ3v) is 6.77. The molecule has 0 radical (unpaired) electrons. The van der Waals surface area contributed by atoms with Crippen LogP contribution in [0.3, 0.4) is 0 Å². The Labute approximate surface area is 170 Å². The smallest absolute Gasteiger partial charge is 0.253 e. The van der Waals surface area contributed by atoms with Gasteiger partial charge in [-0.25, -0.2) is 8.42 Å². The molecule has 2 aromatic carbocycles.